The number of carbonyl (C=O) groups is 1. The Kier molecular flexibility index (Phi) is 4.78. The summed E-state index contributed by atoms with van der Waals surface area (Å²) in [5.41, 5.74) is 0.377. The van der Waals surface area contributed by atoms with E-state index in [0.29, 0.717) is 11.2 Å². The van der Waals surface area contributed by atoms with E-state index in [2.05, 4.69) is 9.97 Å². The number of hydrogen-bond acceptors (Lipinski definition) is 4. The maximum absolute atomic E-state index is 12.7. The van der Waals surface area contributed by atoms with Gasteiger partial charge in [0.25, 0.3) is 17.9 Å². The molecule has 0 bridgehead atoms. The van der Waals surface area contributed by atoms with Gasteiger partial charge in [-0.05, 0) is 17.7 Å². The Morgan fingerprint density at radius 3 is 2.64 bits per heavy atom. The van der Waals surface area contributed by atoms with Gasteiger partial charge in [-0.15, -0.1) is 0 Å². The van der Waals surface area contributed by atoms with E-state index in [-0.39, 0.29) is 6.54 Å². The highest BCUT2D eigenvalue weighted by Gasteiger charge is 2.19. The fourth-order valence-corrected chi connectivity index (χ4v) is 2.39. The lowest BCUT2D eigenvalue weighted by Crippen LogP contribution is -2.37. The minimum absolute atomic E-state index is 0.185. The van der Waals surface area contributed by atoms with Gasteiger partial charge in [0.2, 0.25) is 0 Å². The number of aromatic nitrogens is 3. The third kappa shape index (κ3) is 3.68. The molecule has 6 nitrogen and oxygen atoms in total. The zero-order valence-corrected chi connectivity index (χ0v) is 13.0. The lowest BCUT2D eigenvalue weighted by atomic mass is 10.2. The third-order valence-corrected chi connectivity index (χ3v) is 3.52. The van der Waals surface area contributed by atoms with E-state index >= 15 is 0 Å². The Bertz CT molecular complexity index is 958. The summed E-state index contributed by atoms with van der Waals surface area (Å²) in [5.74, 6) is -0.933. The standard InChI is InChI=1S/C17H14F2N4O2/c18-13(19)9-21-16(24)14-17(25)23(10-11-5-2-1-3-6-11)15-12(22-14)7-4-8-20-15/h1-8,13H,9-10H2,(H,21,24). The van der Waals surface area contributed by atoms with Crippen molar-refractivity contribution in [2.75, 3.05) is 6.54 Å². The van der Waals surface area contributed by atoms with Gasteiger partial charge in [-0.3, -0.25) is 14.2 Å². The second-order valence-electron chi connectivity index (χ2n) is 5.28. The van der Waals surface area contributed by atoms with Crippen molar-refractivity contribution in [1.82, 2.24) is 19.9 Å². The van der Waals surface area contributed by atoms with Crippen molar-refractivity contribution in [3.8, 4) is 0 Å². The van der Waals surface area contributed by atoms with Crippen LogP contribution in [0, 0.1) is 0 Å². The second kappa shape index (κ2) is 7.16. The molecule has 2 heterocycles. The van der Waals surface area contributed by atoms with E-state index in [1.54, 1.807) is 12.1 Å². The molecule has 0 unspecified atom stereocenters. The van der Waals surface area contributed by atoms with Crippen molar-refractivity contribution >= 4 is 17.1 Å². The third-order valence-electron chi connectivity index (χ3n) is 3.52. The quantitative estimate of drug-likeness (QED) is 0.766. The van der Waals surface area contributed by atoms with Gasteiger partial charge in [0, 0.05) is 6.20 Å². The summed E-state index contributed by atoms with van der Waals surface area (Å²) in [5, 5.41) is 2.01. The van der Waals surface area contributed by atoms with E-state index in [4.69, 9.17) is 0 Å². The zero-order chi connectivity index (χ0) is 17.8. The fourth-order valence-electron chi connectivity index (χ4n) is 2.39. The van der Waals surface area contributed by atoms with Gasteiger partial charge in [-0.2, -0.15) is 0 Å². The summed E-state index contributed by atoms with van der Waals surface area (Å²) in [7, 11) is 0. The molecule has 0 aliphatic heterocycles. The first-order valence-electron chi connectivity index (χ1n) is 7.52. The van der Waals surface area contributed by atoms with Crippen molar-refractivity contribution in [3.05, 3.63) is 70.3 Å². The number of rotatable bonds is 5. The number of fused-ring (bicyclic) bond motifs is 1. The first kappa shape index (κ1) is 16.7. The molecule has 128 valence electrons. The summed E-state index contributed by atoms with van der Waals surface area (Å²) >= 11 is 0. The molecule has 8 heteroatoms. The van der Waals surface area contributed by atoms with Gasteiger partial charge in [-0.1, -0.05) is 30.3 Å². The number of pyridine rings is 1. The highest BCUT2D eigenvalue weighted by atomic mass is 19.3. The van der Waals surface area contributed by atoms with Crippen LogP contribution >= 0.6 is 0 Å². The molecule has 0 spiro atoms. The van der Waals surface area contributed by atoms with Gasteiger partial charge in [-0.25, -0.2) is 18.7 Å². The average Bonchev–Trinajstić information content (AvgIpc) is 2.62. The molecular formula is C17H14F2N4O2. The van der Waals surface area contributed by atoms with Crippen LogP contribution in [0.15, 0.2) is 53.5 Å². The number of benzene rings is 1. The SMILES string of the molecule is O=C(NCC(F)F)c1nc2cccnc2n(Cc2ccccc2)c1=O. The van der Waals surface area contributed by atoms with Crippen molar-refractivity contribution in [2.45, 2.75) is 13.0 Å². The molecule has 0 aliphatic rings. The minimum Gasteiger partial charge on any atom is -0.345 e. The van der Waals surface area contributed by atoms with Gasteiger partial charge in [0.1, 0.15) is 5.52 Å². The predicted molar refractivity (Wildman–Crippen MR) is 87.7 cm³/mol. The Hall–Kier alpha value is -3.16. The Labute approximate surface area is 141 Å². The lowest BCUT2D eigenvalue weighted by molar-refractivity contribution is 0.0885. The van der Waals surface area contributed by atoms with E-state index in [9.17, 15) is 18.4 Å². The summed E-state index contributed by atoms with van der Waals surface area (Å²) in [6.45, 7) is -0.658. The normalized spacial score (nSPS) is 11.0. The number of nitrogens with one attached hydrogen (secondary N) is 1. The summed E-state index contributed by atoms with van der Waals surface area (Å²) in [6, 6.07) is 12.4. The molecule has 2 aromatic heterocycles. The Morgan fingerprint density at radius 2 is 1.92 bits per heavy atom. The van der Waals surface area contributed by atoms with Gasteiger partial charge in [0.15, 0.2) is 11.3 Å². The topological polar surface area (TPSA) is 76.9 Å². The first-order chi connectivity index (χ1) is 12.1. The van der Waals surface area contributed by atoms with Gasteiger partial charge >= 0.3 is 0 Å². The monoisotopic (exact) mass is 344 g/mol. The lowest BCUT2D eigenvalue weighted by Gasteiger charge is -2.11. The van der Waals surface area contributed by atoms with Crippen LogP contribution in [0.3, 0.4) is 0 Å². The molecule has 0 saturated heterocycles. The van der Waals surface area contributed by atoms with Crippen LogP contribution in [-0.2, 0) is 6.54 Å². The first-order valence-corrected chi connectivity index (χ1v) is 7.52. The van der Waals surface area contributed by atoms with E-state index in [0.717, 1.165) is 5.56 Å². The molecule has 0 radical (unpaired) electrons. The maximum atomic E-state index is 12.7. The molecule has 25 heavy (non-hydrogen) atoms. The zero-order valence-electron chi connectivity index (χ0n) is 13.0. The van der Waals surface area contributed by atoms with Crippen LogP contribution in [0.25, 0.3) is 11.2 Å². The molecule has 1 amide bonds. The van der Waals surface area contributed by atoms with Crippen molar-refractivity contribution in [2.24, 2.45) is 0 Å². The molecule has 3 rings (SSSR count). The fraction of sp³-hybridized carbons (Fsp3) is 0.176. The van der Waals surface area contributed by atoms with Crippen molar-refractivity contribution in [1.29, 1.82) is 0 Å². The molecule has 0 aliphatic carbocycles. The summed E-state index contributed by atoms with van der Waals surface area (Å²) in [4.78, 5) is 32.9. The smallest absolute Gasteiger partial charge is 0.284 e. The Balaban J connectivity index is 2.09. The van der Waals surface area contributed by atoms with E-state index in [1.807, 2.05) is 35.6 Å². The van der Waals surface area contributed by atoms with Crippen LogP contribution in [0.4, 0.5) is 8.78 Å². The highest BCUT2D eigenvalue weighted by Crippen LogP contribution is 2.10. The van der Waals surface area contributed by atoms with Crippen LogP contribution in [0.2, 0.25) is 0 Å². The molecule has 1 N–H and O–H groups in total. The molecule has 3 aromatic rings. The van der Waals surface area contributed by atoms with E-state index in [1.165, 1.54) is 10.8 Å². The number of alkyl halides is 2. The predicted octanol–water partition coefficient (Wildman–Crippen LogP) is 1.83. The van der Waals surface area contributed by atoms with Crippen LogP contribution in [-0.4, -0.2) is 33.4 Å². The largest absolute Gasteiger partial charge is 0.345 e. The van der Waals surface area contributed by atoms with Crippen LogP contribution < -0.4 is 10.9 Å². The number of amides is 1. The number of hydrogen-bond donors (Lipinski definition) is 1. The molecule has 0 saturated carbocycles. The molecule has 0 fully saturated rings. The summed E-state index contributed by atoms with van der Waals surface area (Å²) < 4.78 is 25.9. The number of halogens is 2. The average molecular weight is 344 g/mol. The second-order valence-corrected chi connectivity index (χ2v) is 5.28. The van der Waals surface area contributed by atoms with Crippen molar-refractivity contribution < 1.29 is 13.6 Å². The number of nitrogens with zero attached hydrogens (tertiary/aromatic N) is 3. The maximum Gasteiger partial charge on any atom is 0.284 e. The minimum atomic E-state index is -2.71. The number of carbonyl (C=O) groups excluding carboxylic acids is 1. The van der Waals surface area contributed by atoms with Gasteiger partial charge < -0.3 is 5.32 Å². The molecule has 0 atom stereocenters. The van der Waals surface area contributed by atoms with Gasteiger partial charge in [0.05, 0.1) is 13.1 Å². The van der Waals surface area contributed by atoms with Crippen LogP contribution in [0.1, 0.15) is 16.1 Å². The molecular weight excluding hydrogens is 330 g/mol. The van der Waals surface area contributed by atoms with Crippen molar-refractivity contribution in [3.63, 3.8) is 0 Å². The molecule has 1 aromatic carbocycles. The van der Waals surface area contributed by atoms with Crippen LogP contribution in [0.5, 0.6) is 0 Å². The highest BCUT2D eigenvalue weighted by molar-refractivity contribution is 5.93. The Morgan fingerprint density at radius 1 is 1.16 bits per heavy atom. The van der Waals surface area contributed by atoms with E-state index < -0.39 is 30.1 Å². The summed E-state index contributed by atoms with van der Waals surface area (Å²) in [6.07, 6.45) is -1.20.